The fourth-order valence-corrected chi connectivity index (χ4v) is 3.82. The molecule has 1 aromatic heterocycles. The summed E-state index contributed by atoms with van der Waals surface area (Å²) in [7, 11) is 0. The topological polar surface area (TPSA) is 33.2 Å². The summed E-state index contributed by atoms with van der Waals surface area (Å²) in [4.78, 5) is 19.7. The van der Waals surface area contributed by atoms with Crippen LogP contribution in [-0.4, -0.2) is 35.3 Å². The van der Waals surface area contributed by atoms with Crippen molar-refractivity contribution in [3.8, 4) is 11.3 Å². The Balaban J connectivity index is 1.72. The molecule has 116 valence electrons. The molecule has 0 amide bonds. The molecule has 0 aliphatic carbocycles. The van der Waals surface area contributed by atoms with Crippen LogP contribution in [0, 0.1) is 5.92 Å². The third-order valence-electron chi connectivity index (χ3n) is 4.33. The Bertz CT molecular complexity index is 617. The van der Waals surface area contributed by atoms with Crippen LogP contribution in [0.1, 0.15) is 36.0 Å². The maximum absolute atomic E-state index is 12.7. The standard InChI is InChI=1S/C18H22N2OS/c1-2-14(12-20-10-6-7-11-20)17(21)18-19-16(13-22-18)15-8-4-3-5-9-15/h3-5,8-9,13-14H,2,6-7,10-12H2,1H3. The first kappa shape index (κ1) is 15.4. The zero-order valence-corrected chi connectivity index (χ0v) is 13.8. The van der Waals surface area contributed by atoms with E-state index in [-0.39, 0.29) is 11.7 Å². The van der Waals surface area contributed by atoms with E-state index in [0.29, 0.717) is 5.01 Å². The van der Waals surface area contributed by atoms with Gasteiger partial charge >= 0.3 is 0 Å². The molecule has 0 spiro atoms. The Hall–Kier alpha value is -1.52. The first-order chi connectivity index (χ1) is 10.8. The summed E-state index contributed by atoms with van der Waals surface area (Å²) in [6.07, 6.45) is 3.41. The number of aromatic nitrogens is 1. The lowest BCUT2D eigenvalue weighted by Crippen LogP contribution is -2.31. The molecule has 2 aromatic rings. The van der Waals surface area contributed by atoms with Gasteiger partial charge in [0.1, 0.15) is 0 Å². The maximum atomic E-state index is 12.7. The van der Waals surface area contributed by atoms with Gasteiger partial charge in [0.2, 0.25) is 0 Å². The van der Waals surface area contributed by atoms with Crippen LogP contribution in [0.4, 0.5) is 0 Å². The SMILES string of the molecule is CCC(CN1CCCC1)C(=O)c1nc(-c2ccccc2)cs1. The summed E-state index contributed by atoms with van der Waals surface area (Å²) in [6.45, 7) is 5.26. The Morgan fingerprint density at radius 2 is 2.00 bits per heavy atom. The van der Waals surface area contributed by atoms with E-state index in [9.17, 15) is 4.79 Å². The first-order valence-corrected chi connectivity index (χ1v) is 8.93. The molecule has 1 unspecified atom stereocenters. The Morgan fingerprint density at radius 1 is 1.27 bits per heavy atom. The van der Waals surface area contributed by atoms with Crippen molar-refractivity contribution in [2.75, 3.05) is 19.6 Å². The van der Waals surface area contributed by atoms with Gasteiger partial charge < -0.3 is 4.90 Å². The molecular weight excluding hydrogens is 292 g/mol. The molecule has 0 N–H and O–H groups in total. The Kier molecular flexibility index (Phi) is 5.01. The lowest BCUT2D eigenvalue weighted by molar-refractivity contribution is 0.0885. The average molecular weight is 314 g/mol. The second-order valence-electron chi connectivity index (χ2n) is 5.88. The molecule has 1 aliphatic rings. The third kappa shape index (κ3) is 3.45. The minimum absolute atomic E-state index is 0.0767. The molecule has 1 saturated heterocycles. The van der Waals surface area contributed by atoms with Gasteiger partial charge in [0.15, 0.2) is 10.8 Å². The number of nitrogens with zero attached hydrogens (tertiary/aromatic N) is 2. The predicted molar refractivity (Wildman–Crippen MR) is 91.3 cm³/mol. The van der Waals surface area contributed by atoms with Gasteiger partial charge in [0.25, 0.3) is 0 Å². The van der Waals surface area contributed by atoms with E-state index in [1.54, 1.807) is 0 Å². The Morgan fingerprint density at radius 3 is 2.68 bits per heavy atom. The van der Waals surface area contributed by atoms with Crippen LogP contribution in [0.2, 0.25) is 0 Å². The van der Waals surface area contributed by atoms with Crippen molar-refractivity contribution in [1.82, 2.24) is 9.88 Å². The van der Waals surface area contributed by atoms with Gasteiger partial charge in [-0.15, -0.1) is 11.3 Å². The van der Waals surface area contributed by atoms with E-state index in [1.807, 2.05) is 35.7 Å². The van der Waals surface area contributed by atoms with Crippen LogP contribution in [0.25, 0.3) is 11.3 Å². The number of rotatable bonds is 6. The molecular formula is C18H22N2OS. The smallest absolute Gasteiger partial charge is 0.195 e. The maximum Gasteiger partial charge on any atom is 0.195 e. The van der Waals surface area contributed by atoms with Crippen molar-refractivity contribution in [2.24, 2.45) is 5.92 Å². The monoisotopic (exact) mass is 314 g/mol. The molecule has 0 radical (unpaired) electrons. The fourth-order valence-electron chi connectivity index (χ4n) is 2.98. The van der Waals surface area contributed by atoms with E-state index in [4.69, 9.17) is 0 Å². The molecule has 0 saturated carbocycles. The van der Waals surface area contributed by atoms with Gasteiger partial charge in [-0.1, -0.05) is 37.3 Å². The molecule has 22 heavy (non-hydrogen) atoms. The number of Topliss-reactive ketones (excluding diaryl/α,β-unsaturated/α-hetero) is 1. The van der Waals surface area contributed by atoms with Crippen LogP contribution in [0.3, 0.4) is 0 Å². The van der Waals surface area contributed by atoms with Crippen LogP contribution in [0.5, 0.6) is 0 Å². The summed E-state index contributed by atoms with van der Waals surface area (Å²) < 4.78 is 0. The highest BCUT2D eigenvalue weighted by atomic mass is 32.1. The minimum atomic E-state index is 0.0767. The first-order valence-electron chi connectivity index (χ1n) is 8.05. The lowest BCUT2D eigenvalue weighted by atomic mass is 10.0. The number of thiazole rings is 1. The molecule has 2 heterocycles. The lowest BCUT2D eigenvalue weighted by Gasteiger charge is -2.20. The highest BCUT2D eigenvalue weighted by Crippen LogP contribution is 2.24. The predicted octanol–water partition coefficient (Wildman–Crippen LogP) is 4.11. The van der Waals surface area contributed by atoms with E-state index < -0.39 is 0 Å². The van der Waals surface area contributed by atoms with Crippen molar-refractivity contribution in [3.63, 3.8) is 0 Å². The normalized spacial score (nSPS) is 16.8. The molecule has 0 bridgehead atoms. The summed E-state index contributed by atoms with van der Waals surface area (Å²) in [5, 5.41) is 2.65. The quantitative estimate of drug-likeness (QED) is 0.752. The summed E-state index contributed by atoms with van der Waals surface area (Å²) >= 11 is 1.47. The Labute approximate surface area is 136 Å². The summed E-state index contributed by atoms with van der Waals surface area (Å²) in [5.74, 6) is 0.287. The van der Waals surface area contributed by atoms with E-state index >= 15 is 0 Å². The van der Waals surface area contributed by atoms with Gasteiger partial charge in [-0.05, 0) is 32.4 Å². The molecule has 3 rings (SSSR count). The summed E-state index contributed by atoms with van der Waals surface area (Å²) in [6, 6.07) is 10.1. The molecule has 1 aromatic carbocycles. The van der Waals surface area contributed by atoms with Gasteiger partial charge in [0, 0.05) is 23.4 Å². The molecule has 1 atom stereocenters. The molecule has 3 nitrogen and oxygen atoms in total. The highest BCUT2D eigenvalue weighted by molar-refractivity contribution is 7.12. The van der Waals surface area contributed by atoms with Gasteiger partial charge in [-0.25, -0.2) is 4.98 Å². The number of benzene rings is 1. The van der Waals surface area contributed by atoms with Gasteiger partial charge in [0.05, 0.1) is 5.69 Å². The number of hydrogen-bond acceptors (Lipinski definition) is 4. The van der Waals surface area contributed by atoms with Gasteiger partial charge in [-0.2, -0.15) is 0 Å². The van der Waals surface area contributed by atoms with Gasteiger partial charge in [-0.3, -0.25) is 4.79 Å². The zero-order chi connectivity index (χ0) is 15.4. The van der Waals surface area contributed by atoms with E-state index in [2.05, 4.69) is 16.8 Å². The van der Waals surface area contributed by atoms with Crippen molar-refractivity contribution in [2.45, 2.75) is 26.2 Å². The van der Waals surface area contributed by atoms with Crippen LogP contribution < -0.4 is 0 Å². The largest absolute Gasteiger partial charge is 0.303 e. The minimum Gasteiger partial charge on any atom is -0.303 e. The fraction of sp³-hybridized carbons (Fsp3) is 0.444. The average Bonchev–Trinajstić information content (AvgIpc) is 3.24. The van der Waals surface area contributed by atoms with Crippen molar-refractivity contribution < 1.29 is 4.79 Å². The van der Waals surface area contributed by atoms with E-state index in [1.165, 1.54) is 24.2 Å². The molecule has 1 fully saturated rings. The highest BCUT2D eigenvalue weighted by Gasteiger charge is 2.25. The second-order valence-corrected chi connectivity index (χ2v) is 6.74. The van der Waals surface area contributed by atoms with E-state index in [0.717, 1.165) is 37.3 Å². The van der Waals surface area contributed by atoms with Crippen molar-refractivity contribution in [3.05, 3.63) is 40.7 Å². The number of carbonyl (C=O) groups excluding carboxylic acids is 1. The third-order valence-corrected chi connectivity index (χ3v) is 5.18. The molecule has 4 heteroatoms. The summed E-state index contributed by atoms with van der Waals surface area (Å²) in [5.41, 5.74) is 1.98. The van der Waals surface area contributed by atoms with Crippen LogP contribution >= 0.6 is 11.3 Å². The van der Waals surface area contributed by atoms with Crippen LogP contribution in [-0.2, 0) is 0 Å². The zero-order valence-electron chi connectivity index (χ0n) is 13.0. The number of ketones is 1. The number of carbonyl (C=O) groups is 1. The van der Waals surface area contributed by atoms with Crippen LogP contribution in [0.15, 0.2) is 35.7 Å². The molecule has 1 aliphatic heterocycles. The van der Waals surface area contributed by atoms with Crippen molar-refractivity contribution >= 4 is 17.1 Å². The van der Waals surface area contributed by atoms with Crippen molar-refractivity contribution in [1.29, 1.82) is 0 Å². The number of hydrogen-bond donors (Lipinski definition) is 0. The second kappa shape index (κ2) is 7.16. The number of likely N-dealkylation sites (tertiary alicyclic amines) is 1.